The van der Waals surface area contributed by atoms with Crippen molar-refractivity contribution in [2.75, 3.05) is 19.8 Å². The Bertz CT molecular complexity index is 479. The van der Waals surface area contributed by atoms with Crippen LogP contribution < -0.4 is 14.8 Å². The van der Waals surface area contributed by atoms with E-state index in [9.17, 15) is 4.79 Å². The summed E-state index contributed by atoms with van der Waals surface area (Å²) in [7, 11) is 0. The summed E-state index contributed by atoms with van der Waals surface area (Å²) in [5, 5.41) is 3.05. The first kappa shape index (κ1) is 18.4. The Morgan fingerprint density at radius 2 is 2.05 bits per heavy atom. The summed E-state index contributed by atoms with van der Waals surface area (Å²) in [6.45, 7) is 8.96. The molecule has 0 saturated heterocycles. The molecule has 0 radical (unpaired) electrons. The van der Waals surface area contributed by atoms with Gasteiger partial charge in [-0.3, -0.25) is 0 Å². The van der Waals surface area contributed by atoms with Crippen LogP contribution in [0, 0.1) is 5.92 Å². The average molecular weight is 330 g/mol. The molecule has 1 aromatic rings. The van der Waals surface area contributed by atoms with Gasteiger partial charge in [-0.25, -0.2) is 4.79 Å². The van der Waals surface area contributed by atoms with Crippen molar-refractivity contribution in [3.05, 3.63) is 23.2 Å². The SMILES string of the molecule is CCOC(=O)NCCOc1ccc(OC(C)C(C)C)cc1Cl. The van der Waals surface area contributed by atoms with Gasteiger partial charge < -0.3 is 19.5 Å². The Morgan fingerprint density at radius 3 is 2.64 bits per heavy atom. The van der Waals surface area contributed by atoms with Gasteiger partial charge in [0.05, 0.1) is 24.3 Å². The van der Waals surface area contributed by atoms with E-state index in [1.807, 2.05) is 13.0 Å². The molecule has 1 aromatic carbocycles. The van der Waals surface area contributed by atoms with Gasteiger partial charge in [-0.2, -0.15) is 0 Å². The van der Waals surface area contributed by atoms with E-state index in [2.05, 4.69) is 19.2 Å². The molecule has 0 bridgehead atoms. The fourth-order valence-corrected chi connectivity index (χ4v) is 1.74. The van der Waals surface area contributed by atoms with Crippen molar-refractivity contribution in [1.29, 1.82) is 0 Å². The number of carbonyl (C=O) groups is 1. The zero-order valence-corrected chi connectivity index (χ0v) is 14.3. The molecular weight excluding hydrogens is 306 g/mol. The van der Waals surface area contributed by atoms with E-state index in [-0.39, 0.29) is 6.10 Å². The van der Waals surface area contributed by atoms with Crippen molar-refractivity contribution in [3.63, 3.8) is 0 Å². The molecule has 0 fully saturated rings. The first-order valence-electron chi connectivity index (χ1n) is 7.43. The molecule has 6 heteroatoms. The largest absolute Gasteiger partial charge is 0.490 e. The molecule has 0 spiro atoms. The smallest absolute Gasteiger partial charge is 0.407 e. The van der Waals surface area contributed by atoms with Crippen LogP contribution in [0.3, 0.4) is 0 Å². The molecule has 1 atom stereocenters. The van der Waals surface area contributed by atoms with Crippen LogP contribution in [0.25, 0.3) is 0 Å². The molecule has 0 heterocycles. The molecule has 1 rings (SSSR count). The number of benzene rings is 1. The molecule has 0 aliphatic rings. The maximum Gasteiger partial charge on any atom is 0.407 e. The highest BCUT2D eigenvalue weighted by molar-refractivity contribution is 6.32. The maximum absolute atomic E-state index is 11.1. The van der Waals surface area contributed by atoms with E-state index in [0.29, 0.717) is 42.2 Å². The summed E-state index contributed by atoms with van der Waals surface area (Å²) in [4.78, 5) is 11.1. The lowest BCUT2D eigenvalue weighted by Gasteiger charge is -2.18. The molecule has 0 saturated carbocycles. The lowest BCUT2D eigenvalue weighted by Crippen LogP contribution is -2.28. The Kier molecular flexibility index (Phi) is 7.88. The number of hydrogen-bond acceptors (Lipinski definition) is 4. The highest BCUT2D eigenvalue weighted by Gasteiger charge is 2.10. The normalized spacial score (nSPS) is 11.9. The van der Waals surface area contributed by atoms with Crippen molar-refractivity contribution >= 4 is 17.7 Å². The van der Waals surface area contributed by atoms with Gasteiger partial charge in [0, 0.05) is 6.07 Å². The van der Waals surface area contributed by atoms with Crippen molar-refractivity contribution in [1.82, 2.24) is 5.32 Å². The number of rotatable bonds is 8. The Hall–Kier alpha value is -1.62. The van der Waals surface area contributed by atoms with Crippen LogP contribution in [-0.4, -0.2) is 32.0 Å². The van der Waals surface area contributed by atoms with Crippen LogP contribution >= 0.6 is 11.6 Å². The average Bonchev–Trinajstić information content (AvgIpc) is 2.45. The summed E-state index contributed by atoms with van der Waals surface area (Å²) in [6, 6.07) is 5.31. The lowest BCUT2D eigenvalue weighted by molar-refractivity contribution is 0.150. The minimum atomic E-state index is -0.455. The van der Waals surface area contributed by atoms with Gasteiger partial charge in [-0.05, 0) is 31.9 Å². The zero-order chi connectivity index (χ0) is 16.5. The number of amides is 1. The predicted molar refractivity (Wildman–Crippen MR) is 86.9 cm³/mol. The van der Waals surface area contributed by atoms with E-state index in [1.54, 1.807) is 19.1 Å². The number of alkyl carbamates (subject to hydrolysis) is 1. The van der Waals surface area contributed by atoms with Gasteiger partial charge in [0.25, 0.3) is 0 Å². The van der Waals surface area contributed by atoms with Gasteiger partial charge in [0.1, 0.15) is 18.1 Å². The fraction of sp³-hybridized carbons (Fsp3) is 0.562. The van der Waals surface area contributed by atoms with Crippen molar-refractivity contribution in [2.45, 2.75) is 33.8 Å². The second-order valence-corrected chi connectivity index (χ2v) is 5.56. The second kappa shape index (κ2) is 9.41. The van der Waals surface area contributed by atoms with Gasteiger partial charge in [0.2, 0.25) is 0 Å². The summed E-state index contributed by atoms with van der Waals surface area (Å²) < 4.78 is 16.0. The number of carbonyl (C=O) groups excluding carboxylic acids is 1. The van der Waals surface area contributed by atoms with Crippen LogP contribution in [-0.2, 0) is 4.74 Å². The van der Waals surface area contributed by atoms with Crippen molar-refractivity contribution in [2.24, 2.45) is 5.92 Å². The fourth-order valence-electron chi connectivity index (χ4n) is 1.52. The van der Waals surface area contributed by atoms with Gasteiger partial charge >= 0.3 is 6.09 Å². The second-order valence-electron chi connectivity index (χ2n) is 5.15. The quantitative estimate of drug-likeness (QED) is 0.735. The number of ether oxygens (including phenoxy) is 3. The molecular formula is C16H24ClNO4. The maximum atomic E-state index is 11.1. The monoisotopic (exact) mass is 329 g/mol. The van der Waals surface area contributed by atoms with Crippen LogP contribution in [0.4, 0.5) is 4.79 Å². The molecule has 22 heavy (non-hydrogen) atoms. The minimum absolute atomic E-state index is 0.108. The third-order valence-corrected chi connectivity index (χ3v) is 3.36. The third-order valence-electron chi connectivity index (χ3n) is 3.07. The lowest BCUT2D eigenvalue weighted by atomic mass is 10.1. The highest BCUT2D eigenvalue weighted by Crippen LogP contribution is 2.29. The van der Waals surface area contributed by atoms with Crippen LogP contribution in [0.5, 0.6) is 11.5 Å². The summed E-state index contributed by atoms with van der Waals surface area (Å²) in [5.74, 6) is 1.68. The first-order chi connectivity index (χ1) is 10.4. The van der Waals surface area contributed by atoms with Gasteiger partial charge in [-0.1, -0.05) is 25.4 Å². The summed E-state index contributed by atoms with van der Waals surface area (Å²) in [5.41, 5.74) is 0. The molecule has 5 nitrogen and oxygen atoms in total. The van der Waals surface area contributed by atoms with E-state index >= 15 is 0 Å². The van der Waals surface area contributed by atoms with Gasteiger partial charge in [-0.15, -0.1) is 0 Å². The number of halogens is 1. The number of nitrogens with one attached hydrogen (secondary N) is 1. The molecule has 124 valence electrons. The molecule has 0 aromatic heterocycles. The van der Waals surface area contributed by atoms with Gasteiger partial charge in [0.15, 0.2) is 0 Å². The molecule has 0 aliphatic carbocycles. The summed E-state index contributed by atoms with van der Waals surface area (Å²) >= 11 is 6.17. The van der Waals surface area contributed by atoms with E-state index in [1.165, 1.54) is 0 Å². The van der Waals surface area contributed by atoms with Crippen LogP contribution in [0.15, 0.2) is 18.2 Å². The van der Waals surface area contributed by atoms with E-state index in [0.717, 1.165) is 0 Å². The van der Waals surface area contributed by atoms with E-state index in [4.69, 9.17) is 25.8 Å². The molecule has 1 amide bonds. The standard InChI is InChI=1S/C16H24ClNO4/c1-5-20-16(19)18-8-9-21-15-7-6-13(10-14(15)17)22-12(4)11(2)3/h6-7,10-12H,5,8-9H2,1-4H3,(H,18,19). The predicted octanol–water partition coefficient (Wildman–Crippen LogP) is 3.89. The van der Waals surface area contributed by atoms with Crippen molar-refractivity contribution in [3.8, 4) is 11.5 Å². The number of hydrogen-bond donors (Lipinski definition) is 1. The summed E-state index contributed by atoms with van der Waals surface area (Å²) in [6.07, 6.45) is -0.347. The Labute approximate surface area is 136 Å². The Morgan fingerprint density at radius 1 is 1.32 bits per heavy atom. The topological polar surface area (TPSA) is 56.8 Å². The molecule has 1 N–H and O–H groups in total. The molecule has 1 unspecified atom stereocenters. The highest BCUT2D eigenvalue weighted by atomic mass is 35.5. The zero-order valence-electron chi connectivity index (χ0n) is 13.5. The van der Waals surface area contributed by atoms with Crippen LogP contribution in [0.2, 0.25) is 5.02 Å². The van der Waals surface area contributed by atoms with Crippen molar-refractivity contribution < 1.29 is 19.0 Å². The first-order valence-corrected chi connectivity index (χ1v) is 7.81. The Balaban J connectivity index is 2.44. The third kappa shape index (κ3) is 6.43. The van der Waals surface area contributed by atoms with E-state index < -0.39 is 6.09 Å². The minimum Gasteiger partial charge on any atom is -0.490 e. The van der Waals surface area contributed by atoms with Crippen LogP contribution in [0.1, 0.15) is 27.7 Å². The molecule has 0 aliphatic heterocycles.